The second-order valence-electron chi connectivity index (χ2n) is 3.39. The minimum atomic E-state index is 0.991. The van der Waals surface area contributed by atoms with Crippen LogP contribution in [-0.2, 0) is 0 Å². The summed E-state index contributed by atoms with van der Waals surface area (Å²) in [5.41, 5.74) is 2.05. The normalized spacial score (nSPS) is 10.6. The third kappa shape index (κ3) is 2.67. The number of hydrogen-bond donors (Lipinski definition) is 0. The zero-order valence-corrected chi connectivity index (χ0v) is 9.12. The average Bonchev–Trinajstić information content (AvgIpc) is 2.38. The Morgan fingerprint density at radius 3 is 2.62 bits per heavy atom. The number of hydrogen-bond acceptors (Lipinski definition) is 3. The van der Waals surface area contributed by atoms with Crippen molar-refractivity contribution in [3.63, 3.8) is 0 Å². The maximum Gasteiger partial charge on any atom is 0.0590 e. The lowest BCUT2D eigenvalue weighted by atomic mass is 10.3. The van der Waals surface area contributed by atoms with Crippen molar-refractivity contribution in [1.29, 1.82) is 0 Å². The first-order chi connectivity index (χ1) is 7.86. The molecule has 3 nitrogen and oxygen atoms in total. The zero-order chi connectivity index (χ0) is 11.2. The van der Waals surface area contributed by atoms with Crippen molar-refractivity contribution in [2.45, 2.75) is 0 Å². The van der Waals surface area contributed by atoms with Crippen molar-refractivity contribution in [1.82, 2.24) is 4.98 Å². The highest BCUT2D eigenvalue weighted by molar-refractivity contribution is 5.79. The van der Waals surface area contributed by atoms with E-state index in [0.717, 1.165) is 11.3 Å². The van der Waals surface area contributed by atoms with E-state index < -0.39 is 0 Å². The molecule has 0 aliphatic heterocycles. The Balaban J connectivity index is 2.08. The van der Waals surface area contributed by atoms with Crippen molar-refractivity contribution in [3.05, 3.63) is 60.4 Å². The van der Waals surface area contributed by atoms with Crippen molar-refractivity contribution >= 4 is 11.9 Å². The molecule has 0 bridgehead atoms. The van der Waals surface area contributed by atoms with Crippen LogP contribution in [0, 0.1) is 0 Å². The molecule has 1 heterocycles. The summed E-state index contributed by atoms with van der Waals surface area (Å²) in [6.07, 6.45) is 5.32. The monoisotopic (exact) mass is 211 g/mol. The van der Waals surface area contributed by atoms with E-state index in [-0.39, 0.29) is 0 Å². The Hall–Kier alpha value is -2.16. The molecule has 0 spiro atoms. The van der Waals surface area contributed by atoms with Gasteiger partial charge in [0.25, 0.3) is 0 Å². The van der Waals surface area contributed by atoms with E-state index in [4.69, 9.17) is 0 Å². The van der Waals surface area contributed by atoms with Gasteiger partial charge in [0.15, 0.2) is 0 Å². The summed E-state index contributed by atoms with van der Waals surface area (Å²) in [5.74, 6) is 0. The highest BCUT2D eigenvalue weighted by Gasteiger charge is 1.94. The summed E-state index contributed by atoms with van der Waals surface area (Å²) in [7, 11) is 1.92. The van der Waals surface area contributed by atoms with Crippen LogP contribution in [0.25, 0.3) is 0 Å². The van der Waals surface area contributed by atoms with Gasteiger partial charge in [-0.1, -0.05) is 24.3 Å². The molecule has 2 aromatic rings. The van der Waals surface area contributed by atoms with Gasteiger partial charge < -0.3 is 0 Å². The fraction of sp³-hybridized carbons (Fsp3) is 0.0769. The molecule has 0 fully saturated rings. The van der Waals surface area contributed by atoms with E-state index in [1.165, 1.54) is 0 Å². The van der Waals surface area contributed by atoms with Gasteiger partial charge in [-0.3, -0.25) is 9.99 Å². The van der Waals surface area contributed by atoms with Crippen LogP contribution in [0.2, 0.25) is 0 Å². The molecule has 0 aliphatic carbocycles. The zero-order valence-electron chi connectivity index (χ0n) is 9.12. The molecule has 16 heavy (non-hydrogen) atoms. The van der Waals surface area contributed by atoms with Crippen molar-refractivity contribution in [3.8, 4) is 0 Å². The molecule has 0 N–H and O–H groups in total. The maximum atomic E-state index is 4.33. The molecule has 0 radical (unpaired) electrons. The standard InChI is InChI=1S/C13H13N3/c1-16(13-7-3-2-4-8-13)15-11-12-6-5-9-14-10-12/h2-11H,1H3/b15-11+. The summed E-state index contributed by atoms with van der Waals surface area (Å²) in [4.78, 5) is 4.03. The molecule has 0 saturated heterocycles. The number of aromatic nitrogens is 1. The van der Waals surface area contributed by atoms with Gasteiger partial charge in [-0.2, -0.15) is 5.10 Å². The van der Waals surface area contributed by atoms with Crippen LogP contribution in [0.4, 0.5) is 5.69 Å². The molecular weight excluding hydrogens is 198 g/mol. The topological polar surface area (TPSA) is 28.5 Å². The Labute approximate surface area is 95.1 Å². The lowest BCUT2D eigenvalue weighted by molar-refractivity contribution is 1.02. The van der Waals surface area contributed by atoms with Crippen molar-refractivity contribution < 1.29 is 0 Å². The highest BCUT2D eigenvalue weighted by atomic mass is 15.4. The quantitative estimate of drug-likeness (QED) is 0.576. The average molecular weight is 211 g/mol. The van der Waals surface area contributed by atoms with Crippen LogP contribution in [-0.4, -0.2) is 18.2 Å². The first-order valence-corrected chi connectivity index (χ1v) is 5.09. The number of hydrazone groups is 1. The molecular formula is C13H13N3. The fourth-order valence-electron chi connectivity index (χ4n) is 1.32. The SMILES string of the molecule is CN(/N=C/c1cccnc1)c1ccccc1. The first-order valence-electron chi connectivity index (χ1n) is 5.09. The molecule has 0 aliphatic rings. The van der Waals surface area contributed by atoms with E-state index in [0.29, 0.717) is 0 Å². The minimum absolute atomic E-state index is 0.991. The van der Waals surface area contributed by atoms with Gasteiger partial charge in [-0.05, 0) is 18.2 Å². The predicted molar refractivity (Wildman–Crippen MR) is 66.7 cm³/mol. The Bertz CT molecular complexity index is 451. The number of para-hydroxylation sites is 1. The van der Waals surface area contributed by atoms with Gasteiger partial charge >= 0.3 is 0 Å². The van der Waals surface area contributed by atoms with Gasteiger partial charge in [0.05, 0.1) is 11.9 Å². The number of anilines is 1. The molecule has 1 aromatic carbocycles. The number of benzene rings is 1. The molecule has 2 rings (SSSR count). The number of nitrogens with zero attached hydrogens (tertiary/aromatic N) is 3. The minimum Gasteiger partial charge on any atom is -0.269 e. The predicted octanol–water partition coefficient (Wildman–Crippen LogP) is 2.55. The van der Waals surface area contributed by atoms with Crippen LogP contribution in [0.1, 0.15) is 5.56 Å². The molecule has 0 saturated carbocycles. The molecule has 3 heteroatoms. The summed E-state index contributed by atoms with van der Waals surface area (Å²) in [5, 5.41) is 6.16. The second-order valence-corrected chi connectivity index (χ2v) is 3.39. The molecule has 0 atom stereocenters. The Morgan fingerprint density at radius 1 is 1.12 bits per heavy atom. The largest absolute Gasteiger partial charge is 0.269 e. The molecule has 80 valence electrons. The molecule has 1 aromatic heterocycles. The third-order valence-corrected chi connectivity index (χ3v) is 2.19. The lowest BCUT2D eigenvalue weighted by Gasteiger charge is -2.11. The number of pyridine rings is 1. The van der Waals surface area contributed by atoms with Gasteiger partial charge in [-0.15, -0.1) is 0 Å². The van der Waals surface area contributed by atoms with Gasteiger partial charge in [0.2, 0.25) is 0 Å². The first kappa shape index (κ1) is 10.4. The van der Waals surface area contributed by atoms with E-state index in [1.54, 1.807) is 18.6 Å². The summed E-state index contributed by atoms with van der Waals surface area (Å²) >= 11 is 0. The third-order valence-electron chi connectivity index (χ3n) is 2.19. The van der Waals surface area contributed by atoms with Gasteiger partial charge in [-0.25, -0.2) is 0 Å². The summed E-state index contributed by atoms with van der Waals surface area (Å²) in [6.45, 7) is 0. The lowest BCUT2D eigenvalue weighted by Crippen LogP contribution is -2.08. The van der Waals surface area contributed by atoms with E-state index in [9.17, 15) is 0 Å². The fourth-order valence-corrected chi connectivity index (χ4v) is 1.32. The van der Waals surface area contributed by atoms with E-state index in [2.05, 4.69) is 10.1 Å². The van der Waals surface area contributed by atoms with Crippen molar-refractivity contribution in [2.75, 3.05) is 12.1 Å². The van der Waals surface area contributed by atoms with Crippen LogP contribution < -0.4 is 5.01 Å². The molecule has 0 unspecified atom stereocenters. The summed E-state index contributed by atoms with van der Waals surface area (Å²) in [6, 6.07) is 13.9. The molecule has 0 amide bonds. The van der Waals surface area contributed by atoms with E-state index in [1.807, 2.05) is 54.5 Å². The van der Waals surface area contributed by atoms with Gasteiger partial charge in [0, 0.05) is 25.0 Å². The number of rotatable bonds is 3. The van der Waals surface area contributed by atoms with Crippen LogP contribution in [0.3, 0.4) is 0 Å². The second kappa shape index (κ2) is 5.07. The highest BCUT2D eigenvalue weighted by Crippen LogP contribution is 2.10. The van der Waals surface area contributed by atoms with Gasteiger partial charge in [0.1, 0.15) is 0 Å². The van der Waals surface area contributed by atoms with Crippen molar-refractivity contribution in [2.24, 2.45) is 5.10 Å². The summed E-state index contributed by atoms with van der Waals surface area (Å²) < 4.78 is 0. The Kier molecular flexibility index (Phi) is 3.28. The van der Waals surface area contributed by atoms with Crippen LogP contribution >= 0.6 is 0 Å². The Morgan fingerprint density at radius 2 is 1.94 bits per heavy atom. The van der Waals surface area contributed by atoms with Crippen LogP contribution in [0.5, 0.6) is 0 Å². The van der Waals surface area contributed by atoms with Crippen LogP contribution in [0.15, 0.2) is 60.0 Å². The van der Waals surface area contributed by atoms with E-state index >= 15 is 0 Å². The maximum absolute atomic E-state index is 4.33. The smallest absolute Gasteiger partial charge is 0.0590 e.